The number of carbonyl (C=O) groups excluding carboxylic acids is 1. The number of hydrogen-bond acceptors (Lipinski definition) is 5. The van der Waals surface area contributed by atoms with Crippen LogP contribution in [0.3, 0.4) is 0 Å². The molecule has 0 bridgehead atoms. The van der Waals surface area contributed by atoms with Crippen molar-refractivity contribution in [2.45, 2.75) is 6.61 Å². The molecule has 0 spiro atoms. The Bertz CT molecular complexity index is 757. The summed E-state index contributed by atoms with van der Waals surface area (Å²) in [4.78, 5) is 11.6. The molecule has 3 rings (SSSR count). The molecule has 6 heteroatoms. The topological polar surface area (TPSA) is 54.0 Å². The van der Waals surface area contributed by atoms with E-state index >= 15 is 0 Å². The molecule has 0 atom stereocenters. The zero-order valence-corrected chi connectivity index (χ0v) is 12.7. The fraction of sp³-hybridized carbons (Fsp3) is 0.235. The molecule has 0 radical (unpaired) electrons. The van der Waals surface area contributed by atoms with E-state index < -0.39 is 11.8 Å². The first-order valence-electron chi connectivity index (χ1n) is 6.93. The molecule has 120 valence electrons. The average molecular weight is 318 g/mol. The number of halogens is 1. The van der Waals surface area contributed by atoms with E-state index in [2.05, 4.69) is 4.74 Å². The van der Waals surface area contributed by atoms with Crippen molar-refractivity contribution in [3.8, 4) is 22.6 Å². The fourth-order valence-corrected chi connectivity index (χ4v) is 2.47. The second-order valence-electron chi connectivity index (χ2n) is 4.98. The van der Waals surface area contributed by atoms with Crippen LogP contribution in [-0.4, -0.2) is 27.0 Å². The summed E-state index contributed by atoms with van der Waals surface area (Å²) in [7, 11) is 2.75. The molecule has 2 aromatic rings. The van der Waals surface area contributed by atoms with E-state index in [1.807, 2.05) is 12.1 Å². The molecule has 0 saturated heterocycles. The maximum Gasteiger partial charge on any atom is 0.340 e. The van der Waals surface area contributed by atoms with Crippen LogP contribution in [0.2, 0.25) is 0 Å². The molecule has 5 nitrogen and oxygen atoms in total. The van der Waals surface area contributed by atoms with Gasteiger partial charge in [0.05, 0.1) is 12.7 Å². The Labute approximate surface area is 132 Å². The third-order valence-corrected chi connectivity index (χ3v) is 3.57. The van der Waals surface area contributed by atoms with Gasteiger partial charge in [-0.1, -0.05) is 6.07 Å². The van der Waals surface area contributed by atoms with Crippen LogP contribution in [0.1, 0.15) is 15.9 Å². The molecule has 0 fully saturated rings. The van der Waals surface area contributed by atoms with Gasteiger partial charge in [-0.3, -0.25) is 0 Å². The monoisotopic (exact) mass is 318 g/mol. The molecular formula is C17H15FO5. The van der Waals surface area contributed by atoms with Crippen molar-refractivity contribution in [2.75, 3.05) is 21.0 Å². The third-order valence-electron chi connectivity index (χ3n) is 3.57. The van der Waals surface area contributed by atoms with Crippen molar-refractivity contribution in [1.82, 2.24) is 0 Å². The van der Waals surface area contributed by atoms with E-state index in [0.717, 1.165) is 11.1 Å². The summed E-state index contributed by atoms with van der Waals surface area (Å²) in [6, 6.07) is 8.09. The standard InChI is InChI=1S/C17H15FO5/c1-20-9-23-11-3-4-12-10(5-11)8-22-16-7-14(17(19)21-2)15(18)6-13(12)16/h3-7H,8-9H2,1-2H3. The molecule has 1 aliphatic heterocycles. The van der Waals surface area contributed by atoms with Crippen LogP contribution >= 0.6 is 0 Å². The number of esters is 1. The van der Waals surface area contributed by atoms with Gasteiger partial charge in [0, 0.05) is 18.2 Å². The first kappa shape index (κ1) is 15.3. The van der Waals surface area contributed by atoms with Crippen molar-refractivity contribution in [1.29, 1.82) is 0 Å². The summed E-state index contributed by atoms with van der Waals surface area (Å²) < 4.78 is 34.6. The lowest BCUT2D eigenvalue weighted by Crippen LogP contribution is -2.10. The second-order valence-corrected chi connectivity index (χ2v) is 4.98. The smallest absolute Gasteiger partial charge is 0.340 e. The largest absolute Gasteiger partial charge is 0.488 e. The Kier molecular flexibility index (Phi) is 4.16. The molecule has 23 heavy (non-hydrogen) atoms. The van der Waals surface area contributed by atoms with Crippen LogP contribution in [0.15, 0.2) is 30.3 Å². The minimum atomic E-state index is -0.733. The molecule has 1 aliphatic rings. The molecule has 0 amide bonds. The first-order valence-corrected chi connectivity index (χ1v) is 6.93. The highest BCUT2D eigenvalue weighted by molar-refractivity contribution is 5.92. The second kappa shape index (κ2) is 6.26. The molecule has 0 unspecified atom stereocenters. The molecule has 0 aliphatic carbocycles. The fourth-order valence-electron chi connectivity index (χ4n) is 2.47. The zero-order chi connectivity index (χ0) is 16.4. The Morgan fingerprint density at radius 3 is 2.78 bits per heavy atom. The van der Waals surface area contributed by atoms with E-state index in [-0.39, 0.29) is 12.4 Å². The van der Waals surface area contributed by atoms with E-state index in [9.17, 15) is 9.18 Å². The van der Waals surface area contributed by atoms with Crippen molar-refractivity contribution >= 4 is 5.97 Å². The summed E-state index contributed by atoms with van der Waals surface area (Å²) in [6.07, 6.45) is 0. The maximum absolute atomic E-state index is 14.2. The SMILES string of the molecule is COCOc1ccc2c(c1)COc1cc(C(=O)OC)c(F)cc1-2. The number of hydrogen-bond donors (Lipinski definition) is 0. The van der Waals surface area contributed by atoms with Crippen LogP contribution in [-0.2, 0) is 16.1 Å². The third kappa shape index (κ3) is 2.85. The molecule has 2 aromatic carbocycles. The average Bonchev–Trinajstić information content (AvgIpc) is 2.58. The van der Waals surface area contributed by atoms with Crippen LogP contribution in [0, 0.1) is 5.82 Å². The maximum atomic E-state index is 14.2. The molecule has 1 heterocycles. The van der Waals surface area contributed by atoms with Gasteiger partial charge in [-0.15, -0.1) is 0 Å². The van der Waals surface area contributed by atoms with E-state index in [1.54, 1.807) is 13.2 Å². The Morgan fingerprint density at radius 1 is 1.22 bits per heavy atom. The molecular weight excluding hydrogens is 303 g/mol. The highest BCUT2D eigenvalue weighted by atomic mass is 19.1. The highest BCUT2D eigenvalue weighted by Gasteiger charge is 2.23. The van der Waals surface area contributed by atoms with Gasteiger partial charge in [-0.2, -0.15) is 0 Å². The number of rotatable bonds is 4. The molecule has 0 aromatic heterocycles. The van der Waals surface area contributed by atoms with Crippen LogP contribution in [0.25, 0.3) is 11.1 Å². The van der Waals surface area contributed by atoms with Crippen LogP contribution in [0.4, 0.5) is 4.39 Å². The summed E-state index contributed by atoms with van der Waals surface area (Å²) in [5.74, 6) is -0.288. The number of methoxy groups -OCH3 is 2. The van der Waals surface area contributed by atoms with E-state index in [4.69, 9.17) is 14.2 Å². The van der Waals surface area contributed by atoms with Crippen molar-refractivity contribution in [3.63, 3.8) is 0 Å². The van der Waals surface area contributed by atoms with Gasteiger partial charge >= 0.3 is 5.97 Å². The van der Waals surface area contributed by atoms with E-state index in [1.165, 1.54) is 19.2 Å². The summed E-state index contributed by atoms with van der Waals surface area (Å²) >= 11 is 0. The van der Waals surface area contributed by atoms with Crippen LogP contribution < -0.4 is 9.47 Å². The Hall–Kier alpha value is -2.60. The van der Waals surface area contributed by atoms with Crippen LogP contribution in [0.5, 0.6) is 11.5 Å². The Balaban J connectivity index is 2.01. The van der Waals surface area contributed by atoms with E-state index in [0.29, 0.717) is 23.7 Å². The summed E-state index contributed by atoms with van der Waals surface area (Å²) in [5.41, 5.74) is 2.16. The van der Waals surface area contributed by atoms with Crippen molar-refractivity contribution in [3.05, 3.63) is 47.3 Å². The number of benzene rings is 2. The van der Waals surface area contributed by atoms with Gasteiger partial charge in [-0.05, 0) is 29.8 Å². The number of carbonyl (C=O) groups is 1. The van der Waals surface area contributed by atoms with Gasteiger partial charge in [-0.25, -0.2) is 9.18 Å². The molecule has 0 saturated carbocycles. The lowest BCUT2D eigenvalue weighted by atomic mass is 9.95. The zero-order valence-electron chi connectivity index (χ0n) is 12.7. The number of ether oxygens (including phenoxy) is 4. The minimum Gasteiger partial charge on any atom is -0.488 e. The first-order chi connectivity index (χ1) is 11.1. The predicted molar refractivity (Wildman–Crippen MR) is 80.0 cm³/mol. The predicted octanol–water partition coefficient (Wildman–Crippen LogP) is 3.15. The van der Waals surface area contributed by atoms with Crippen molar-refractivity contribution < 1.29 is 28.1 Å². The normalized spacial score (nSPS) is 12.0. The summed E-state index contributed by atoms with van der Waals surface area (Å²) in [5, 5.41) is 0. The summed E-state index contributed by atoms with van der Waals surface area (Å²) in [6.45, 7) is 0.451. The van der Waals surface area contributed by atoms with Crippen molar-refractivity contribution in [2.24, 2.45) is 0 Å². The molecule has 0 N–H and O–H groups in total. The lowest BCUT2D eigenvalue weighted by Gasteiger charge is -2.22. The van der Waals surface area contributed by atoms with Gasteiger partial charge in [0.1, 0.15) is 23.9 Å². The van der Waals surface area contributed by atoms with Gasteiger partial charge in [0.2, 0.25) is 0 Å². The Morgan fingerprint density at radius 2 is 2.04 bits per heavy atom. The quantitative estimate of drug-likeness (QED) is 0.640. The van der Waals surface area contributed by atoms with Gasteiger partial charge in [0.15, 0.2) is 6.79 Å². The minimum absolute atomic E-state index is 0.144. The lowest BCUT2D eigenvalue weighted by molar-refractivity contribution is 0.0510. The van der Waals surface area contributed by atoms with Gasteiger partial charge < -0.3 is 18.9 Å². The highest BCUT2D eigenvalue weighted by Crippen LogP contribution is 2.40. The number of fused-ring (bicyclic) bond motifs is 3. The van der Waals surface area contributed by atoms with Gasteiger partial charge in [0.25, 0.3) is 0 Å².